The van der Waals surface area contributed by atoms with E-state index in [1.165, 1.54) is 13.2 Å². The summed E-state index contributed by atoms with van der Waals surface area (Å²) in [4.78, 5) is 45.1. The number of aliphatic hydroxyl groups excluding tert-OH is 6. The van der Waals surface area contributed by atoms with Gasteiger partial charge in [-0.25, -0.2) is 4.42 Å². The van der Waals surface area contributed by atoms with Crippen LogP contribution in [0.2, 0.25) is 0 Å². The zero-order valence-electron chi connectivity index (χ0n) is 29.3. The molecule has 2 aromatic carbocycles. The van der Waals surface area contributed by atoms with Crippen molar-refractivity contribution in [2.24, 2.45) is 0 Å². The topological polar surface area (TPSA) is 367 Å². The zero-order chi connectivity index (χ0) is 41.9. The number of esters is 2. The number of aliphatic hydroxyl groups is 6. The molecule has 0 aliphatic carbocycles. The number of carbonyl (C=O) groups excluding carboxylic acids is 2. The van der Waals surface area contributed by atoms with Gasteiger partial charge >= 0.3 is 35.2 Å². The van der Waals surface area contributed by atoms with Crippen LogP contribution in [0.1, 0.15) is 12.8 Å². The van der Waals surface area contributed by atoms with Crippen LogP contribution in [0.5, 0.6) is 34.5 Å². The third-order valence-electron chi connectivity index (χ3n) is 8.58. The van der Waals surface area contributed by atoms with Gasteiger partial charge in [0.05, 0.1) is 18.7 Å². The molecule has 5 rings (SSSR count). The Balaban J connectivity index is 1.49. The SMILES string of the molecule is COc1cc(-c2[o+]c3cc(O[C@@H]4O[C@H](COC(=O)CC(=O)O)[C@@H](O)[C@H](O)[C@H]4O)cc(O)c3cc2O[C@@H]2O[C@H](COC(=O)CC(=O)O)[C@@H](O)[C@H](O)[C@H]2O)cc(O)c1O. The molecule has 310 valence electrons. The molecule has 23 nitrogen and oxygen atoms in total. The minimum Gasteiger partial charge on any atom is -0.507 e. The summed E-state index contributed by atoms with van der Waals surface area (Å²) in [5.41, 5.74) is -0.314. The molecule has 2 fully saturated rings. The average molecular weight is 814 g/mol. The van der Waals surface area contributed by atoms with E-state index in [1.807, 2.05) is 0 Å². The van der Waals surface area contributed by atoms with Crippen LogP contribution >= 0.6 is 0 Å². The van der Waals surface area contributed by atoms with Gasteiger partial charge in [-0.2, -0.15) is 0 Å². The minimum atomic E-state index is -2.00. The molecule has 0 spiro atoms. The Hall–Kier alpha value is -5.79. The van der Waals surface area contributed by atoms with Gasteiger partial charge in [-0.05, 0) is 0 Å². The maximum atomic E-state index is 11.8. The number of aliphatic carboxylic acids is 2. The van der Waals surface area contributed by atoms with Gasteiger partial charge in [0.1, 0.15) is 91.8 Å². The highest BCUT2D eigenvalue weighted by Crippen LogP contribution is 2.45. The fourth-order valence-corrected chi connectivity index (χ4v) is 5.67. The van der Waals surface area contributed by atoms with Crippen molar-refractivity contribution in [3.8, 4) is 45.8 Å². The summed E-state index contributed by atoms with van der Waals surface area (Å²) in [6.45, 7) is -1.54. The molecule has 0 amide bonds. The monoisotopic (exact) mass is 813 g/mol. The fraction of sp³-hybridized carbons (Fsp3) is 0.441. The first kappa shape index (κ1) is 42.4. The molecular weight excluding hydrogens is 776 g/mol. The van der Waals surface area contributed by atoms with Crippen molar-refractivity contribution < 1.29 is 113 Å². The number of phenols is 3. The molecule has 1 aromatic heterocycles. The Morgan fingerprint density at radius 2 is 1.18 bits per heavy atom. The zero-order valence-corrected chi connectivity index (χ0v) is 29.3. The smallest absolute Gasteiger partial charge is 0.402 e. The molecule has 0 unspecified atom stereocenters. The average Bonchev–Trinajstić information content (AvgIpc) is 3.14. The molecule has 3 heterocycles. The summed E-state index contributed by atoms with van der Waals surface area (Å²) in [5.74, 6) is -8.69. The number of phenolic OH excluding ortho intramolecular Hbond substituents is 3. The molecule has 2 aliphatic heterocycles. The molecular formula is C34H37O23+. The molecule has 0 saturated carbocycles. The van der Waals surface area contributed by atoms with Gasteiger partial charge < -0.3 is 89.3 Å². The van der Waals surface area contributed by atoms with Gasteiger partial charge in [0.25, 0.3) is 0 Å². The van der Waals surface area contributed by atoms with E-state index in [4.69, 9.17) is 47.8 Å². The van der Waals surface area contributed by atoms with Crippen LogP contribution in [-0.2, 0) is 38.1 Å². The molecule has 2 aliphatic rings. The fourth-order valence-electron chi connectivity index (χ4n) is 5.67. The first-order valence-electron chi connectivity index (χ1n) is 16.6. The summed E-state index contributed by atoms with van der Waals surface area (Å²) in [5, 5.41) is 112. The summed E-state index contributed by atoms with van der Waals surface area (Å²) >= 11 is 0. The van der Waals surface area contributed by atoms with Crippen LogP contribution in [-0.4, -0.2) is 162 Å². The molecule has 0 bridgehead atoms. The second-order valence-electron chi connectivity index (χ2n) is 12.6. The Labute approximate surface area is 318 Å². The standard InChI is InChI=1S/C34H36O23/c1-50-17-3-11(2-15(36)25(17)43)32-18(55-34-31(49)29(47)27(45)20(57-34)10-52-24(42)8-22(39)40)6-13-14(35)4-12(5-16(13)54-32)53-33-30(48)28(46)26(44)19(56-33)9-51-23(41)7-21(37)38/h2-6,19-20,26-31,33-34,44-49H,7-10H2,1H3,(H4-,35,36,37,38,39,40,43)/p+1/t19-,20-,26-,27-,28+,29+,30-,31-,33-,34-/m1/s1. The van der Waals surface area contributed by atoms with Crippen molar-refractivity contribution in [2.45, 2.75) is 74.3 Å². The summed E-state index contributed by atoms with van der Waals surface area (Å²) in [7, 11) is 1.17. The van der Waals surface area contributed by atoms with E-state index in [0.29, 0.717) is 0 Å². The van der Waals surface area contributed by atoms with E-state index in [-0.39, 0.29) is 33.8 Å². The highest BCUT2D eigenvalue weighted by molar-refractivity contribution is 5.91. The minimum absolute atomic E-state index is 0.0849. The first-order chi connectivity index (χ1) is 26.9. The normalized spacial score (nSPS) is 27.3. The molecule has 57 heavy (non-hydrogen) atoms. The number of rotatable bonds is 14. The Kier molecular flexibility index (Phi) is 13.0. The predicted octanol–water partition coefficient (Wildman–Crippen LogP) is -2.09. The van der Waals surface area contributed by atoms with Gasteiger partial charge in [0.2, 0.25) is 24.1 Å². The van der Waals surface area contributed by atoms with Crippen LogP contribution in [0.3, 0.4) is 0 Å². The van der Waals surface area contributed by atoms with E-state index in [2.05, 4.69) is 0 Å². The van der Waals surface area contributed by atoms with Crippen molar-refractivity contribution in [3.63, 3.8) is 0 Å². The number of carboxylic acid groups (broad SMARTS) is 2. The van der Waals surface area contributed by atoms with E-state index in [1.54, 1.807) is 0 Å². The summed E-state index contributed by atoms with van der Waals surface area (Å²) in [6.07, 6.45) is -20.4. The summed E-state index contributed by atoms with van der Waals surface area (Å²) in [6, 6.07) is 5.44. The number of methoxy groups -OCH3 is 1. The quantitative estimate of drug-likeness (QED) is 0.0360. The Morgan fingerprint density at radius 3 is 1.68 bits per heavy atom. The molecule has 0 radical (unpaired) electrons. The number of fused-ring (bicyclic) bond motifs is 1. The van der Waals surface area contributed by atoms with Gasteiger partial charge in [0.15, 0.2) is 11.5 Å². The number of benzene rings is 2. The third kappa shape index (κ3) is 9.61. The second-order valence-corrected chi connectivity index (χ2v) is 12.6. The molecule has 3 aromatic rings. The lowest BCUT2D eigenvalue weighted by Gasteiger charge is -2.39. The number of ether oxygens (including phenoxy) is 7. The van der Waals surface area contributed by atoms with E-state index in [9.17, 15) is 65.1 Å². The van der Waals surface area contributed by atoms with Crippen LogP contribution < -0.4 is 14.2 Å². The molecule has 2 saturated heterocycles. The predicted molar refractivity (Wildman–Crippen MR) is 179 cm³/mol. The maximum Gasteiger partial charge on any atom is 0.402 e. The summed E-state index contributed by atoms with van der Waals surface area (Å²) < 4.78 is 43.3. The molecule has 23 heteroatoms. The first-order valence-corrected chi connectivity index (χ1v) is 16.6. The van der Waals surface area contributed by atoms with E-state index < -0.39 is 134 Å². The van der Waals surface area contributed by atoms with Crippen molar-refractivity contribution in [2.75, 3.05) is 20.3 Å². The van der Waals surface area contributed by atoms with Crippen LogP contribution in [0.15, 0.2) is 34.7 Å². The van der Waals surface area contributed by atoms with Gasteiger partial charge in [-0.15, -0.1) is 0 Å². The number of carboxylic acids is 2. The molecule has 10 atom stereocenters. The number of carbonyl (C=O) groups is 4. The lowest BCUT2D eigenvalue weighted by molar-refractivity contribution is -0.278. The molecule has 11 N–H and O–H groups in total. The lowest BCUT2D eigenvalue weighted by atomic mass is 9.99. The Bertz CT molecular complexity index is 1980. The van der Waals surface area contributed by atoms with Gasteiger partial charge in [-0.3, -0.25) is 19.2 Å². The van der Waals surface area contributed by atoms with Crippen molar-refractivity contribution >= 4 is 34.8 Å². The van der Waals surface area contributed by atoms with E-state index >= 15 is 0 Å². The van der Waals surface area contributed by atoms with Crippen molar-refractivity contribution in [1.29, 1.82) is 0 Å². The van der Waals surface area contributed by atoms with Gasteiger partial charge in [-0.1, -0.05) is 0 Å². The van der Waals surface area contributed by atoms with Crippen LogP contribution in [0.25, 0.3) is 22.3 Å². The highest BCUT2D eigenvalue weighted by atomic mass is 16.7. The number of aromatic hydroxyl groups is 3. The maximum absolute atomic E-state index is 11.8. The number of hydrogen-bond donors (Lipinski definition) is 11. The lowest BCUT2D eigenvalue weighted by Crippen LogP contribution is -2.60. The second kappa shape index (κ2) is 17.6. The van der Waals surface area contributed by atoms with E-state index in [0.717, 1.165) is 24.3 Å². The third-order valence-corrected chi connectivity index (χ3v) is 8.58. The van der Waals surface area contributed by atoms with Crippen LogP contribution in [0.4, 0.5) is 0 Å². The van der Waals surface area contributed by atoms with Crippen molar-refractivity contribution in [1.82, 2.24) is 0 Å². The Morgan fingerprint density at radius 1 is 0.649 bits per heavy atom. The van der Waals surface area contributed by atoms with Gasteiger partial charge in [0, 0.05) is 24.3 Å². The number of hydrogen-bond acceptors (Lipinski definition) is 20. The van der Waals surface area contributed by atoms with Crippen molar-refractivity contribution in [3.05, 3.63) is 30.3 Å². The largest absolute Gasteiger partial charge is 0.507 e. The highest BCUT2D eigenvalue weighted by Gasteiger charge is 2.48. The van der Waals surface area contributed by atoms with Crippen LogP contribution in [0, 0.1) is 0 Å².